The van der Waals surface area contributed by atoms with Crippen LogP contribution >= 0.6 is 0 Å². The van der Waals surface area contributed by atoms with Gasteiger partial charge in [0, 0.05) is 32.3 Å². The lowest BCUT2D eigenvalue weighted by molar-refractivity contribution is 0.669. The van der Waals surface area contributed by atoms with Crippen molar-refractivity contribution in [2.45, 2.75) is 0 Å². The molecule has 0 unspecified atom stereocenters. The van der Waals surface area contributed by atoms with Crippen LogP contribution in [-0.4, -0.2) is 0 Å². The monoisotopic (exact) mass is 1980 g/mol. The molecule has 32 aromatic rings. The van der Waals surface area contributed by atoms with Crippen LogP contribution in [0.15, 0.2) is 545 Å². The van der Waals surface area contributed by atoms with Crippen molar-refractivity contribution in [1.29, 1.82) is 0 Å². The first-order valence-electron chi connectivity index (χ1n) is 88.2. The maximum absolute atomic E-state index is 9.95. The predicted molar refractivity (Wildman–Crippen MR) is 635 cm³/mol. The van der Waals surface area contributed by atoms with E-state index in [-0.39, 0.29) is 0 Å². The third-order valence-electron chi connectivity index (χ3n) is 24.7. The summed E-state index contributed by atoms with van der Waals surface area (Å²) in [6.45, 7) is 0. The molecule has 0 amide bonds. The van der Waals surface area contributed by atoms with E-state index in [4.69, 9.17) is 79.0 Å². The van der Waals surface area contributed by atoms with Gasteiger partial charge in [0.2, 0.25) is 0 Å². The zero-order valence-electron chi connectivity index (χ0n) is 162. The molecule has 3 heterocycles. The second-order valence-electron chi connectivity index (χ2n) is 32.8. The summed E-state index contributed by atoms with van der Waals surface area (Å²) in [5, 5.41) is -22.4. The number of benzene rings is 29. The van der Waals surface area contributed by atoms with Gasteiger partial charge in [0.15, 0.2) is 0 Å². The Bertz CT molecular complexity index is 16800. The maximum atomic E-state index is 9.95. The second kappa shape index (κ2) is 34.6. The minimum Gasteiger partial charge on any atom is -0.456 e. The summed E-state index contributed by atoms with van der Waals surface area (Å²) in [6.07, 6.45) is 0. The highest BCUT2D eigenvalue weighted by Gasteiger charge is 2.27. The van der Waals surface area contributed by atoms with E-state index in [2.05, 4.69) is 0 Å². The second-order valence-corrected chi connectivity index (χ2v) is 32.8. The highest BCUT2D eigenvalue weighted by atomic mass is 16.3. The molecule has 0 radical (unpaired) electrons. The summed E-state index contributed by atoms with van der Waals surface area (Å²) in [5.74, 6) is 0. The summed E-state index contributed by atoms with van der Waals surface area (Å²) in [4.78, 5) is 0. The lowest BCUT2D eigenvalue weighted by Gasteiger charge is -2.20. The van der Waals surface area contributed by atoms with Gasteiger partial charge in [-0.25, -0.2) is 0 Å². The van der Waals surface area contributed by atoms with Gasteiger partial charge in [0.1, 0.15) is 33.5 Å². The largest absolute Gasteiger partial charge is 0.456 e. The zero-order valence-corrected chi connectivity index (χ0v) is 74.2. The van der Waals surface area contributed by atoms with E-state index in [0.717, 1.165) is 0 Å². The van der Waals surface area contributed by atoms with Gasteiger partial charge < -0.3 is 13.3 Å². The molecule has 32 rings (SSSR count). The summed E-state index contributed by atoms with van der Waals surface area (Å²) in [7, 11) is 0. The Morgan fingerprint density at radius 2 is 0.329 bits per heavy atom. The molecule has 3 aromatic heterocycles. The summed E-state index contributed by atoms with van der Waals surface area (Å²) < 4.78 is 816. The Labute approximate surface area is 981 Å². The lowest BCUT2D eigenvalue weighted by Crippen LogP contribution is -1.92. The lowest BCUT2D eigenvalue weighted by atomic mass is 9.83. The van der Waals surface area contributed by atoms with Gasteiger partial charge in [-0.15, -0.1) is 0 Å². The van der Waals surface area contributed by atoms with E-state index in [1.54, 1.807) is 0 Å². The number of hydrogen-bond donors (Lipinski definition) is 0. The molecule has 3 nitrogen and oxygen atoms in total. The SMILES string of the molecule is [2H]c1c(-c2c3c([2H])c([2H])c([2H])c([2H])c3c(-c3c([2H])c([2H])c(-c4c([2H])c([2H])c([2H])c5c([2H])c([2H])c([2H])c([2H])c45)c4c([2H])c([2H])c([2H])c([2H])c34)c3c([2H])c([2H])c([2H])c([2H])c23)c([2H])c2c(oc3c([2H])c4c([2H])c([2H])c([2H])c([2H])c4c([2H])c32)c1[2H].[2H]c1c(-c2c3c([2H])c([2H])c([2H])c([2H])c3c(-c3c([2H])c([2H])c(-c4c([2H])c([2H])c5c([2H])c([2H])c([2H])c([2H])c5c4[2H])c4c([2H])c([2H])c([2H])c([2H])c34)c3c([2H])c([2H])c([2H])c([2H])c23)c([2H])c2c(oc3c([2H])c4c([2H])c([2H])c([2H])c([2H])c4c([2H])c32)c1[2H].[2H]c1c([2H])c([2H])c(-c2c([2H])c([2H])c3c([2H])c(-c4c5c([2H])c([2H])c([2H])c([2H])c5c(-c5c([2H])c([2H])c6oc7c([2H])c8c([2H])c([2H])c([2H])c([2H])c8c([2H])c7c6c5[2H])c5c([2H])c([2H])c([2H])c([2H])c45)c([2H])c([2H])c3c2[2H])c([2H])c1[2H]. The Kier molecular flexibility index (Phi) is 8.17. The molecule has 0 atom stereocenters. The minimum absolute atomic E-state index is 0.446. The molecule has 3 heteroatoms. The van der Waals surface area contributed by atoms with Gasteiger partial charge in [0.25, 0.3) is 0 Å². The Balaban J connectivity index is 0.000000145. The van der Waals surface area contributed by atoms with Crippen LogP contribution in [0, 0.1) is 0 Å². The molecular formula is C146H88O3. The van der Waals surface area contributed by atoms with Crippen LogP contribution in [0.25, 0.3) is 317 Å². The third-order valence-corrected chi connectivity index (χ3v) is 24.7. The number of furan rings is 3. The third kappa shape index (κ3) is 14.1. The summed E-state index contributed by atoms with van der Waals surface area (Å²) >= 11 is 0. The molecule has 0 aliphatic carbocycles. The van der Waals surface area contributed by atoms with E-state index in [0.29, 0.717) is 0 Å². The normalized spacial score (nSPS) is 20.2. The van der Waals surface area contributed by atoms with Crippen molar-refractivity contribution < 1.29 is 134 Å². The quantitative estimate of drug-likeness (QED) is 0.135. The smallest absolute Gasteiger partial charge is 0.136 e. The van der Waals surface area contributed by atoms with Crippen molar-refractivity contribution in [2.24, 2.45) is 0 Å². The fraction of sp³-hybridized carbons (Fsp3) is 0. The maximum Gasteiger partial charge on any atom is 0.136 e. The van der Waals surface area contributed by atoms with Gasteiger partial charge in [-0.2, -0.15) is 0 Å². The number of rotatable bonds is 9. The van der Waals surface area contributed by atoms with Crippen LogP contribution in [0.3, 0.4) is 0 Å². The van der Waals surface area contributed by atoms with Gasteiger partial charge in [-0.1, -0.05) is 441 Å². The fourth-order valence-electron chi connectivity index (χ4n) is 18.4. The molecule has 0 spiro atoms. The molecule has 0 aliphatic heterocycles. The number of fused-ring (bicyclic) bond motifs is 23. The predicted octanol–water partition coefficient (Wildman–Crippen LogP) is 41.9. The van der Waals surface area contributed by atoms with Crippen molar-refractivity contribution in [3.8, 4) is 100 Å². The van der Waals surface area contributed by atoms with Gasteiger partial charge in [-0.3, -0.25) is 0 Å². The van der Waals surface area contributed by atoms with Crippen LogP contribution in [-0.2, 0) is 0 Å². The Hall–Kier alpha value is -19.6. The molecule has 0 saturated carbocycles. The van der Waals surface area contributed by atoms with E-state index in [1.165, 1.54) is 0 Å². The highest BCUT2D eigenvalue weighted by Crippen LogP contribution is 2.54. The van der Waals surface area contributed by atoms with Crippen LogP contribution in [0.1, 0.15) is 121 Å². The molecule has 690 valence electrons. The van der Waals surface area contributed by atoms with E-state index < -0.39 is 849 Å². The first-order chi connectivity index (χ1) is 111. The highest BCUT2D eigenvalue weighted by molar-refractivity contribution is 6.29. The van der Waals surface area contributed by atoms with Crippen LogP contribution in [0.4, 0.5) is 0 Å². The topological polar surface area (TPSA) is 39.4 Å². The van der Waals surface area contributed by atoms with E-state index in [9.17, 15) is 54.8 Å². The van der Waals surface area contributed by atoms with Crippen LogP contribution in [0.2, 0.25) is 0 Å². The molecule has 29 aromatic carbocycles. The Morgan fingerprint density at radius 1 is 0.101 bits per heavy atom. The van der Waals surface area contributed by atoms with Gasteiger partial charge in [-0.05, 0) is 342 Å². The van der Waals surface area contributed by atoms with Crippen molar-refractivity contribution in [3.63, 3.8) is 0 Å². The summed E-state index contributed by atoms with van der Waals surface area (Å²) in [5.41, 5.74) is -17.7. The van der Waals surface area contributed by atoms with Crippen LogP contribution in [0.5, 0.6) is 0 Å². The van der Waals surface area contributed by atoms with Crippen LogP contribution < -0.4 is 0 Å². The number of hydrogen-bond acceptors (Lipinski definition) is 3. The van der Waals surface area contributed by atoms with Crippen molar-refractivity contribution in [2.75, 3.05) is 0 Å². The van der Waals surface area contributed by atoms with E-state index in [1.807, 2.05) is 0 Å². The molecule has 0 fully saturated rings. The summed E-state index contributed by atoms with van der Waals surface area (Å²) in [6, 6.07) is -82.1. The first-order valence-corrected chi connectivity index (χ1v) is 44.2. The fourth-order valence-corrected chi connectivity index (χ4v) is 18.4. The van der Waals surface area contributed by atoms with Crippen molar-refractivity contribution in [3.05, 3.63) is 532 Å². The average molecular weight is 1980 g/mol. The minimum atomic E-state index is -1.14. The molecule has 149 heavy (non-hydrogen) atoms. The molecule has 0 bridgehead atoms. The van der Waals surface area contributed by atoms with Gasteiger partial charge >= 0.3 is 0 Å². The standard InChI is InChI=1S/2C50H30O.C46H28O/c1-2-14-33-30-48-46(28-32(33)13-1)45-29-34(24-27-47(45)51-48)49-40-19-7-9-21-42(40)50(43-22-10-8-20-41(43)49)44-26-25-39(37-17-5-6-18-38(37)44)36-23-11-15-31-12-3-4-16-35(31)36;1-2-12-32-27-35(22-21-31(32)11-1)37-24-25-44(39-16-6-5-15-38(37)39)50-42-19-9-7-17-40(42)49(41-18-8-10-20-43(41)50)36-23-26-47-45(29-36)46-28-33-13-3-4-14-34(33)30-48(46)51-47;1-2-10-29(11-3-1)32-18-19-34-25-35(21-20-33(34)24-32)45-37-14-6-8-16-39(37)46(40-17-9-7-15-38(40)45)36-22-23-43-41(27-36)42-26-30-12-4-5-13-31(30)28-44(42)47-43/h2*1-30H;1-28H/i2*1D,2D,3D,4D,5D,6D,7D,8D,9D,10D,11D,12D,13D,14D,15D,16D,17D,18D,19D,20D,21D,22D,23D,24D,25D,26D,27D,28D,29D,30D;1D,2D,3D,4D,5D,6D,7D,8D,9D,10D,11D,12D,13D,14D,15D,16D,17D,18D,19D,20D,21D,22D,23D,24D,25D,26D,27D,28D. The van der Waals surface area contributed by atoms with Crippen molar-refractivity contribution in [1.82, 2.24) is 0 Å². The van der Waals surface area contributed by atoms with Crippen molar-refractivity contribution >= 4 is 217 Å². The van der Waals surface area contributed by atoms with E-state index >= 15 is 0 Å². The molecule has 0 N–H and O–H groups in total. The Morgan fingerprint density at radius 3 is 0.718 bits per heavy atom. The molecular weight excluding hydrogens is 1800 g/mol. The zero-order chi connectivity index (χ0) is 174. The van der Waals surface area contributed by atoms with Gasteiger partial charge in [0.05, 0.1) is 121 Å². The molecule has 0 saturated heterocycles. The molecule has 0 aliphatic rings. The average Bonchev–Trinajstić information content (AvgIpc) is 1.66. The first kappa shape index (κ1) is 35.1.